The fraction of sp³-hybridized carbons (Fsp3) is 0.412. The number of benzene rings is 1. The highest BCUT2D eigenvalue weighted by atomic mass is 32.2. The van der Waals surface area contributed by atoms with Crippen LogP contribution in [-0.4, -0.2) is 31.8 Å². The van der Waals surface area contributed by atoms with E-state index in [1.165, 1.54) is 23.4 Å². The van der Waals surface area contributed by atoms with Crippen LogP contribution in [0.15, 0.2) is 29.4 Å². The predicted octanol–water partition coefficient (Wildman–Crippen LogP) is 2.61. The predicted molar refractivity (Wildman–Crippen MR) is 99.3 cm³/mol. The fourth-order valence-corrected chi connectivity index (χ4v) is 2.88. The molecule has 134 valence electrons. The number of rotatable bonds is 5. The Bertz CT molecular complexity index is 777. The van der Waals surface area contributed by atoms with Gasteiger partial charge in [-0.25, -0.2) is 4.68 Å². The van der Waals surface area contributed by atoms with Crippen LogP contribution in [0.4, 0.5) is 5.69 Å². The Kier molecular flexibility index (Phi) is 5.52. The second-order valence-electron chi connectivity index (χ2n) is 6.81. The number of carbonyl (C=O) groups is 2. The van der Waals surface area contributed by atoms with E-state index >= 15 is 0 Å². The highest BCUT2D eigenvalue weighted by Gasteiger charge is 2.25. The van der Waals surface area contributed by atoms with E-state index in [0.29, 0.717) is 22.2 Å². The molecule has 1 atom stereocenters. The molecule has 0 fully saturated rings. The molecule has 1 amide bonds. The van der Waals surface area contributed by atoms with Gasteiger partial charge < -0.3 is 11.2 Å². The minimum Gasteiger partial charge on any atom is -0.336 e. The van der Waals surface area contributed by atoms with Crippen LogP contribution in [0.5, 0.6) is 0 Å². The van der Waals surface area contributed by atoms with Gasteiger partial charge in [-0.15, -0.1) is 10.2 Å². The van der Waals surface area contributed by atoms with Crippen molar-refractivity contribution in [3.63, 3.8) is 0 Å². The zero-order valence-electron chi connectivity index (χ0n) is 15.0. The van der Waals surface area contributed by atoms with Crippen molar-refractivity contribution in [3.8, 4) is 0 Å². The summed E-state index contributed by atoms with van der Waals surface area (Å²) >= 11 is 1.24. The van der Waals surface area contributed by atoms with E-state index in [1.54, 1.807) is 31.2 Å². The molecular weight excluding hydrogens is 338 g/mol. The molecule has 1 aromatic carbocycles. The molecule has 0 aliphatic rings. The number of carbonyl (C=O) groups excluding carboxylic acids is 2. The number of anilines is 1. The minimum atomic E-state index is -0.410. The van der Waals surface area contributed by atoms with E-state index in [4.69, 9.17) is 5.84 Å². The molecule has 1 heterocycles. The number of hydrogen-bond donors (Lipinski definition) is 2. The van der Waals surface area contributed by atoms with Gasteiger partial charge in [0.15, 0.2) is 11.6 Å². The van der Waals surface area contributed by atoms with Crippen LogP contribution in [0.25, 0.3) is 0 Å². The number of aromatic nitrogens is 3. The van der Waals surface area contributed by atoms with Crippen LogP contribution in [-0.2, 0) is 10.2 Å². The maximum atomic E-state index is 12.4. The molecule has 8 heteroatoms. The third kappa shape index (κ3) is 4.60. The van der Waals surface area contributed by atoms with Crippen LogP contribution in [0.3, 0.4) is 0 Å². The fourth-order valence-electron chi connectivity index (χ4n) is 2.11. The van der Waals surface area contributed by atoms with Gasteiger partial charge in [-0.3, -0.25) is 9.59 Å². The highest BCUT2D eigenvalue weighted by Crippen LogP contribution is 2.26. The summed E-state index contributed by atoms with van der Waals surface area (Å²) in [5, 5.41) is 11.1. The molecule has 3 N–H and O–H groups in total. The summed E-state index contributed by atoms with van der Waals surface area (Å²) in [5.41, 5.74) is 1.00. The maximum Gasteiger partial charge on any atom is 0.237 e. The number of thioether (sulfide) groups is 1. The molecule has 0 unspecified atom stereocenters. The van der Waals surface area contributed by atoms with Crippen molar-refractivity contribution in [2.24, 2.45) is 0 Å². The number of amides is 1. The number of nitrogens with two attached hydrogens (primary N) is 1. The van der Waals surface area contributed by atoms with Crippen molar-refractivity contribution in [3.05, 3.63) is 35.7 Å². The summed E-state index contributed by atoms with van der Waals surface area (Å²) in [6, 6.07) is 6.77. The lowest BCUT2D eigenvalue weighted by Crippen LogP contribution is -2.26. The molecule has 0 aliphatic carbocycles. The number of ketones is 1. The van der Waals surface area contributed by atoms with Gasteiger partial charge in [0.05, 0.1) is 5.25 Å². The standard InChI is InChI=1S/C17H23N5O2S/c1-10(23)12-6-8-13(9-7-12)19-14(24)11(2)25-16-21-20-15(22(16)18)17(3,4)5/h6-9,11H,18H2,1-5H3,(H,19,24)/t11-/m1/s1. The average molecular weight is 361 g/mol. The van der Waals surface area contributed by atoms with E-state index < -0.39 is 5.25 Å². The summed E-state index contributed by atoms with van der Waals surface area (Å²) in [7, 11) is 0. The van der Waals surface area contributed by atoms with Crippen LogP contribution in [0.2, 0.25) is 0 Å². The Hall–Kier alpha value is -2.35. The second-order valence-corrected chi connectivity index (χ2v) is 8.12. The zero-order valence-corrected chi connectivity index (χ0v) is 15.8. The average Bonchev–Trinajstić information content (AvgIpc) is 2.88. The van der Waals surface area contributed by atoms with Gasteiger partial charge in [0, 0.05) is 16.7 Å². The SMILES string of the molecule is CC(=O)c1ccc(NC(=O)[C@@H](C)Sc2nnc(C(C)(C)C)n2N)cc1. The maximum absolute atomic E-state index is 12.4. The van der Waals surface area contributed by atoms with Gasteiger partial charge in [-0.1, -0.05) is 32.5 Å². The molecule has 0 bridgehead atoms. The third-order valence-corrected chi connectivity index (χ3v) is 4.60. The zero-order chi connectivity index (χ0) is 18.8. The van der Waals surface area contributed by atoms with E-state index in [-0.39, 0.29) is 17.1 Å². The first kappa shape index (κ1) is 19.0. The summed E-state index contributed by atoms with van der Waals surface area (Å²) in [5.74, 6) is 6.50. The first-order chi connectivity index (χ1) is 11.6. The summed E-state index contributed by atoms with van der Waals surface area (Å²) < 4.78 is 1.43. The molecule has 1 aromatic heterocycles. The van der Waals surface area contributed by atoms with E-state index in [2.05, 4.69) is 15.5 Å². The Morgan fingerprint density at radius 2 is 1.80 bits per heavy atom. The molecular formula is C17H23N5O2S. The molecule has 25 heavy (non-hydrogen) atoms. The second kappa shape index (κ2) is 7.26. The molecule has 0 saturated carbocycles. The Balaban J connectivity index is 2.03. The number of nitrogens with one attached hydrogen (secondary N) is 1. The molecule has 0 radical (unpaired) electrons. The lowest BCUT2D eigenvalue weighted by Gasteiger charge is -2.17. The molecule has 0 spiro atoms. The molecule has 7 nitrogen and oxygen atoms in total. The van der Waals surface area contributed by atoms with E-state index in [9.17, 15) is 9.59 Å². The highest BCUT2D eigenvalue weighted by molar-refractivity contribution is 8.00. The third-order valence-electron chi connectivity index (χ3n) is 3.55. The van der Waals surface area contributed by atoms with E-state index in [0.717, 1.165) is 0 Å². The Labute approximate surface area is 151 Å². The Morgan fingerprint density at radius 3 is 2.28 bits per heavy atom. The van der Waals surface area contributed by atoms with Gasteiger partial charge in [-0.05, 0) is 38.1 Å². The monoisotopic (exact) mass is 361 g/mol. The first-order valence-corrected chi connectivity index (χ1v) is 8.77. The van der Waals surface area contributed by atoms with Crippen molar-refractivity contribution in [2.75, 3.05) is 11.2 Å². The number of nitrogens with zero attached hydrogens (tertiary/aromatic N) is 3. The van der Waals surface area contributed by atoms with Gasteiger partial charge in [-0.2, -0.15) is 0 Å². The van der Waals surface area contributed by atoms with Gasteiger partial charge >= 0.3 is 0 Å². The van der Waals surface area contributed by atoms with Gasteiger partial charge in [0.25, 0.3) is 0 Å². The normalized spacial score (nSPS) is 12.7. The largest absolute Gasteiger partial charge is 0.336 e. The minimum absolute atomic E-state index is 0.0151. The summed E-state index contributed by atoms with van der Waals surface area (Å²) in [6.45, 7) is 9.26. The molecule has 2 rings (SSSR count). The van der Waals surface area contributed by atoms with Crippen LogP contribution in [0.1, 0.15) is 50.8 Å². The topological polar surface area (TPSA) is 103 Å². The summed E-state index contributed by atoms with van der Waals surface area (Å²) in [4.78, 5) is 23.6. The van der Waals surface area contributed by atoms with Crippen molar-refractivity contribution in [1.29, 1.82) is 0 Å². The van der Waals surface area contributed by atoms with Gasteiger partial charge in [0.2, 0.25) is 11.1 Å². The Morgan fingerprint density at radius 1 is 1.20 bits per heavy atom. The van der Waals surface area contributed by atoms with Crippen molar-refractivity contribution in [1.82, 2.24) is 14.9 Å². The van der Waals surface area contributed by atoms with Crippen LogP contribution in [0, 0.1) is 0 Å². The van der Waals surface area contributed by atoms with Crippen molar-refractivity contribution < 1.29 is 9.59 Å². The smallest absolute Gasteiger partial charge is 0.237 e. The number of hydrogen-bond acceptors (Lipinski definition) is 6. The molecule has 0 saturated heterocycles. The lowest BCUT2D eigenvalue weighted by molar-refractivity contribution is -0.115. The first-order valence-electron chi connectivity index (χ1n) is 7.89. The summed E-state index contributed by atoms with van der Waals surface area (Å²) in [6.07, 6.45) is 0. The number of nitrogen functional groups attached to an aromatic ring is 1. The van der Waals surface area contributed by atoms with E-state index in [1.807, 2.05) is 20.8 Å². The van der Waals surface area contributed by atoms with Crippen molar-refractivity contribution in [2.45, 2.75) is 50.4 Å². The number of Topliss-reactive ketones (excluding diaryl/α,β-unsaturated/α-hetero) is 1. The molecule has 2 aromatic rings. The van der Waals surface area contributed by atoms with Crippen LogP contribution >= 0.6 is 11.8 Å². The van der Waals surface area contributed by atoms with Crippen molar-refractivity contribution >= 4 is 29.1 Å². The lowest BCUT2D eigenvalue weighted by atomic mass is 9.96. The molecule has 0 aliphatic heterocycles. The van der Waals surface area contributed by atoms with Crippen LogP contribution < -0.4 is 11.2 Å². The quantitative estimate of drug-likeness (QED) is 0.482. The van der Waals surface area contributed by atoms with Gasteiger partial charge in [0.1, 0.15) is 0 Å².